The van der Waals surface area contributed by atoms with Crippen molar-refractivity contribution in [3.05, 3.63) is 34.4 Å². The maximum atomic E-state index is 12.7. The molecular formula is C17H22Cl2N2O2. The van der Waals surface area contributed by atoms with Crippen molar-refractivity contribution in [2.45, 2.75) is 26.3 Å². The van der Waals surface area contributed by atoms with Crippen LogP contribution in [0.15, 0.2) is 23.8 Å². The summed E-state index contributed by atoms with van der Waals surface area (Å²) in [5, 5.41) is 0.636. The van der Waals surface area contributed by atoms with Crippen molar-refractivity contribution in [2.24, 2.45) is 11.1 Å². The molecule has 1 saturated heterocycles. The number of halogens is 2. The molecule has 0 saturated carbocycles. The molecule has 126 valence electrons. The van der Waals surface area contributed by atoms with Gasteiger partial charge in [-0.25, -0.2) is 0 Å². The van der Waals surface area contributed by atoms with Crippen LogP contribution in [0, 0.1) is 5.41 Å². The van der Waals surface area contributed by atoms with E-state index in [1.165, 1.54) is 0 Å². The molecule has 2 heterocycles. The summed E-state index contributed by atoms with van der Waals surface area (Å²) in [5.74, 6) is 0.799. The highest BCUT2D eigenvalue weighted by molar-refractivity contribution is 6.30. The first-order valence-electron chi connectivity index (χ1n) is 7.54. The quantitative estimate of drug-likeness (QED) is 0.840. The average Bonchev–Trinajstić information content (AvgIpc) is 2.48. The number of likely N-dealkylation sites (tertiary alicyclic amines) is 1. The number of ether oxygens (including phenoxy) is 1. The number of amides is 1. The van der Waals surface area contributed by atoms with Crippen molar-refractivity contribution >= 4 is 36.0 Å². The van der Waals surface area contributed by atoms with Crippen LogP contribution in [0.3, 0.4) is 0 Å². The second kappa shape index (κ2) is 6.71. The van der Waals surface area contributed by atoms with E-state index < -0.39 is 0 Å². The molecular weight excluding hydrogens is 335 g/mol. The van der Waals surface area contributed by atoms with Crippen LogP contribution in [-0.2, 0) is 4.79 Å². The minimum absolute atomic E-state index is 0. The van der Waals surface area contributed by atoms with Crippen LogP contribution in [0.5, 0.6) is 5.75 Å². The minimum Gasteiger partial charge on any atom is -0.488 e. The van der Waals surface area contributed by atoms with Gasteiger partial charge in [-0.3, -0.25) is 4.79 Å². The summed E-state index contributed by atoms with van der Waals surface area (Å²) >= 11 is 6.01. The lowest BCUT2D eigenvalue weighted by Crippen LogP contribution is -2.54. The van der Waals surface area contributed by atoms with Crippen molar-refractivity contribution in [2.75, 3.05) is 19.7 Å². The predicted molar refractivity (Wildman–Crippen MR) is 95.1 cm³/mol. The third-order valence-electron chi connectivity index (χ3n) is 4.56. The molecule has 2 aliphatic rings. The molecule has 0 aliphatic carbocycles. The lowest BCUT2D eigenvalue weighted by atomic mass is 9.79. The van der Waals surface area contributed by atoms with E-state index in [0.29, 0.717) is 30.3 Å². The Kier molecular flexibility index (Phi) is 5.29. The lowest BCUT2D eigenvalue weighted by molar-refractivity contribution is -0.130. The maximum absolute atomic E-state index is 12.7. The number of benzene rings is 1. The van der Waals surface area contributed by atoms with Crippen molar-refractivity contribution in [3.63, 3.8) is 0 Å². The van der Waals surface area contributed by atoms with Gasteiger partial charge in [0.1, 0.15) is 12.4 Å². The third-order valence-corrected chi connectivity index (χ3v) is 4.79. The van der Waals surface area contributed by atoms with Gasteiger partial charge in [0, 0.05) is 29.7 Å². The molecule has 1 amide bonds. The first kappa shape index (κ1) is 18.1. The van der Waals surface area contributed by atoms with E-state index in [1.807, 2.05) is 23.1 Å². The number of rotatable bonds is 1. The van der Waals surface area contributed by atoms with Gasteiger partial charge in [0.25, 0.3) is 5.91 Å². The highest BCUT2D eigenvalue weighted by Gasteiger charge is 2.36. The molecule has 2 aliphatic heterocycles. The van der Waals surface area contributed by atoms with Crippen LogP contribution in [0.4, 0.5) is 0 Å². The highest BCUT2D eigenvalue weighted by Crippen LogP contribution is 2.32. The number of piperidine rings is 1. The van der Waals surface area contributed by atoms with Gasteiger partial charge in [-0.15, -0.1) is 12.4 Å². The van der Waals surface area contributed by atoms with Crippen LogP contribution in [-0.4, -0.2) is 36.5 Å². The van der Waals surface area contributed by atoms with Crippen LogP contribution in [0.2, 0.25) is 5.02 Å². The fourth-order valence-corrected chi connectivity index (χ4v) is 3.20. The van der Waals surface area contributed by atoms with Gasteiger partial charge in [-0.05, 0) is 36.1 Å². The summed E-state index contributed by atoms with van der Waals surface area (Å²) in [6.07, 6.45) is 2.71. The fraction of sp³-hybridized carbons (Fsp3) is 0.471. The van der Waals surface area contributed by atoms with Crippen LogP contribution >= 0.6 is 24.0 Å². The van der Waals surface area contributed by atoms with Crippen molar-refractivity contribution in [1.29, 1.82) is 0 Å². The van der Waals surface area contributed by atoms with Gasteiger partial charge in [-0.2, -0.15) is 0 Å². The van der Waals surface area contributed by atoms with E-state index in [9.17, 15) is 4.79 Å². The van der Waals surface area contributed by atoms with E-state index in [4.69, 9.17) is 22.1 Å². The first-order chi connectivity index (χ1) is 10.4. The molecule has 0 bridgehead atoms. The van der Waals surface area contributed by atoms with E-state index >= 15 is 0 Å². The fourth-order valence-electron chi connectivity index (χ4n) is 3.02. The van der Waals surface area contributed by atoms with Crippen LogP contribution < -0.4 is 10.5 Å². The SMILES string of the molecule is CC1(C)CN(C(=O)C2=Cc3cc(Cl)ccc3OC2)CCC1N.Cl. The standard InChI is InChI=1S/C17H21ClN2O2.ClH/c1-17(2)10-20(6-5-15(17)19)16(21)12-7-11-8-13(18)3-4-14(11)22-9-12;/h3-4,7-8,15H,5-6,9-10,19H2,1-2H3;1H. The predicted octanol–water partition coefficient (Wildman–Crippen LogP) is 3.12. The molecule has 0 radical (unpaired) electrons. The zero-order chi connectivity index (χ0) is 15.9. The summed E-state index contributed by atoms with van der Waals surface area (Å²) in [6.45, 7) is 5.89. The molecule has 6 heteroatoms. The van der Waals surface area contributed by atoms with Crippen molar-refractivity contribution < 1.29 is 9.53 Å². The number of hydrogen-bond acceptors (Lipinski definition) is 3. The summed E-state index contributed by atoms with van der Waals surface area (Å²) in [7, 11) is 0. The average molecular weight is 357 g/mol. The van der Waals surface area contributed by atoms with Gasteiger partial charge in [0.05, 0.1) is 5.57 Å². The Hall–Kier alpha value is -1.23. The molecule has 1 aromatic rings. The Balaban J connectivity index is 0.00000192. The van der Waals surface area contributed by atoms with E-state index in [-0.39, 0.29) is 29.8 Å². The zero-order valence-corrected chi connectivity index (χ0v) is 14.9. The van der Waals surface area contributed by atoms with Crippen molar-refractivity contribution in [3.8, 4) is 5.75 Å². The molecule has 1 unspecified atom stereocenters. The molecule has 23 heavy (non-hydrogen) atoms. The summed E-state index contributed by atoms with van der Waals surface area (Å²) in [5.41, 5.74) is 7.60. The molecule has 0 aromatic heterocycles. The Morgan fingerprint density at radius 3 is 2.87 bits per heavy atom. The Bertz CT molecular complexity index is 643. The molecule has 1 aromatic carbocycles. The topological polar surface area (TPSA) is 55.6 Å². The second-order valence-electron chi connectivity index (χ2n) is 6.75. The van der Waals surface area contributed by atoms with E-state index in [1.54, 1.807) is 6.07 Å². The van der Waals surface area contributed by atoms with Crippen LogP contribution in [0.25, 0.3) is 6.08 Å². The van der Waals surface area contributed by atoms with Crippen LogP contribution in [0.1, 0.15) is 25.8 Å². The van der Waals surface area contributed by atoms with Gasteiger partial charge in [0.15, 0.2) is 0 Å². The number of fused-ring (bicyclic) bond motifs is 1. The lowest BCUT2D eigenvalue weighted by Gasteiger charge is -2.43. The Morgan fingerprint density at radius 2 is 2.17 bits per heavy atom. The molecule has 1 atom stereocenters. The number of hydrogen-bond donors (Lipinski definition) is 1. The van der Waals surface area contributed by atoms with Gasteiger partial charge >= 0.3 is 0 Å². The summed E-state index contributed by atoms with van der Waals surface area (Å²) < 4.78 is 5.68. The van der Waals surface area contributed by atoms with E-state index in [2.05, 4.69) is 13.8 Å². The Labute approximate surface area is 148 Å². The first-order valence-corrected chi connectivity index (χ1v) is 7.92. The smallest absolute Gasteiger partial charge is 0.253 e. The number of carbonyl (C=O) groups is 1. The molecule has 2 N–H and O–H groups in total. The number of carbonyl (C=O) groups excluding carboxylic acids is 1. The molecule has 1 fully saturated rings. The molecule has 4 nitrogen and oxygen atoms in total. The molecule has 0 spiro atoms. The normalized spacial score (nSPS) is 22.3. The number of nitrogens with zero attached hydrogens (tertiary/aromatic N) is 1. The molecule has 3 rings (SSSR count). The maximum Gasteiger partial charge on any atom is 0.253 e. The van der Waals surface area contributed by atoms with Gasteiger partial charge in [0.2, 0.25) is 0 Å². The largest absolute Gasteiger partial charge is 0.488 e. The highest BCUT2D eigenvalue weighted by atomic mass is 35.5. The van der Waals surface area contributed by atoms with Gasteiger partial charge in [-0.1, -0.05) is 25.4 Å². The van der Waals surface area contributed by atoms with E-state index in [0.717, 1.165) is 17.7 Å². The monoisotopic (exact) mass is 356 g/mol. The van der Waals surface area contributed by atoms with Crippen molar-refractivity contribution in [1.82, 2.24) is 4.90 Å². The number of nitrogens with two attached hydrogens (primary N) is 1. The summed E-state index contributed by atoms with van der Waals surface area (Å²) in [6, 6.07) is 5.57. The zero-order valence-electron chi connectivity index (χ0n) is 13.3. The summed E-state index contributed by atoms with van der Waals surface area (Å²) in [4.78, 5) is 14.6. The minimum atomic E-state index is -0.0643. The Morgan fingerprint density at radius 1 is 1.43 bits per heavy atom. The van der Waals surface area contributed by atoms with Gasteiger partial charge < -0.3 is 15.4 Å². The third kappa shape index (κ3) is 3.65. The second-order valence-corrected chi connectivity index (χ2v) is 7.19.